The number of halogens is 2. The minimum absolute atomic E-state index is 0.0350. The Bertz CT molecular complexity index is 1190. The van der Waals surface area contributed by atoms with Crippen LogP contribution in [0.5, 0.6) is 5.75 Å². The SMILES string of the molecule is O=C(O)COc1ccc(F)cc1C1c2cc(Br)ccc2CCN1OC(=O)OCc1ccccc1. The molecule has 0 fully saturated rings. The average Bonchev–Trinajstić information content (AvgIpc) is 2.82. The molecule has 0 amide bonds. The van der Waals surface area contributed by atoms with E-state index in [-0.39, 0.29) is 12.4 Å². The van der Waals surface area contributed by atoms with E-state index in [0.717, 1.165) is 21.2 Å². The smallest absolute Gasteiger partial charge is 0.482 e. The second-order valence-electron chi connectivity index (χ2n) is 7.62. The molecule has 0 saturated heterocycles. The third-order valence-corrected chi connectivity index (χ3v) is 5.79. The molecule has 7 nitrogen and oxygen atoms in total. The Hall–Kier alpha value is -3.43. The van der Waals surface area contributed by atoms with Gasteiger partial charge in [-0.25, -0.2) is 14.0 Å². The zero-order valence-corrected chi connectivity index (χ0v) is 19.5. The van der Waals surface area contributed by atoms with Gasteiger partial charge in [-0.2, -0.15) is 0 Å². The Balaban J connectivity index is 1.65. The van der Waals surface area contributed by atoms with E-state index in [4.69, 9.17) is 19.4 Å². The lowest BCUT2D eigenvalue weighted by Crippen LogP contribution is -2.38. The number of hydroxylamine groups is 2. The van der Waals surface area contributed by atoms with Gasteiger partial charge in [0.2, 0.25) is 0 Å². The molecular formula is C25H21BrFNO6. The number of carboxylic acids is 1. The number of fused-ring (bicyclic) bond motifs is 1. The Labute approximate surface area is 203 Å². The third kappa shape index (κ3) is 5.73. The van der Waals surface area contributed by atoms with Crippen molar-refractivity contribution in [2.24, 2.45) is 0 Å². The summed E-state index contributed by atoms with van der Waals surface area (Å²) < 4.78 is 25.8. The minimum Gasteiger partial charge on any atom is -0.482 e. The number of carbonyl (C=O) groups excluding carboxylic acids is 1. The van der Waals surface area contributed by atoms with Crippen LogP contribution in [0.2, 0.25) is 0 Å². The van der Waals surface area contributed by atoms with Gasteiger partial charge >= 0.3 is 12.1 Å². The van der Waals surface area contributed by atoms with Crippen LogP contribution in [0.4, 0.5) is 9.18 Å². The van der Waals surface area contributed by atoms with Gasteiger partial charge < -0.3 is 19.4 Å². The number of rotatable bonds is 7. The predicted octanol–water partition coefficient (Wildman–Crippen LogP) is 5.27. The largest absolute Gasteiger partial charge is 0.528 e. The Morgan fingerprint density at radius 1 is 1.06 bits per heavy atom. The van der Waals surface area contributed by atoms with Crippen LogP contribution in [0.15, 0.2) is 71.2 Å². The normalized spacial score (nSPS) is 15.3. The maximum absolute atomic E-state index is 14.3. The van der Waals surface area contributed by atoms with Gasteiger partial charge in [0.05, 0.1) is 0 Å². The first-order valence-electron chi connectivity index (χ1n) is 10.5. The summed E-state index contributed by atoms with van der Waals surface area (Å²) in [6.07, 6.45) is -0.331. The van der Waals surface area contributed by atoms with E-state index in [1.54, 1.807) is 0 Å². The molecule has 0 spiro atoms. The molecule has 9 heteroatoms. The molecule has 3 aromatic carbocycles. The number of hydrogen-bond donors (Lipinski definition) is 1. The molecule has 1 unspecified atom stereocenters. The molecule has 34 heavy (non-hydrogen) atoms. The summed E-state index contributed by atoms with van der Waals surface area (Å²) in [6, 6.07) is 17.9. The lowest BCUT2D eigenvalue weighted by molar-refractivity contribution is -0.152. The number of carbonyl (C=O) groups is 2. The molecule has 1 atom stereocenters. The van der Waals surface area contributed by atoms with Crippen molar-refractivity contribution in [1.82, 2.24) is 5.06 Å². The average molecular weight is 530 g/mol. The molecule has 1 aliphatic rings. The van der Waals surface area contributed by atoms with Crippen molar-refractivity contribution in [2.75, 3.05) is 13.2 Å². The summed E-state index contributed by atoms with van der Waals surface area (Å²) in [5.41, 5.74) is 2.89. The molecule has 3 aromatic rings. The molecular weight excluding hydrogens is 509 g/mol. The van der Waals surface area contributed by atoms with Gasteiger partial charge in [0.25, 0.3) is 0 Å². The molecule has 1 aliphatic heterocycles. The number of ether oxygens (including phenoxy) is 2. The number of aliphatic carboxylic acids is 1. The highest BCUT2D eigenvalue weighted by Gasteiger charge is 2.34. The molecule has 0 radical (unpaired) electrons. The summed E-state index contributed by atoms with van der Waals surface area (Å²) in [6.45, 7) is -0.251. The van der Waals surface area contributed by atoms with Crippen LogP contribution in [0.3, 0.4) is 0 Å². The minimum atomic E-state index is -1.17. The first-order chi connectivity index (χ1) is 16.4. The third-order valence-electron chi connectivity index (χ3n) is 5.30. The fourth-order valence-electron chi connectivity index (χ4n) is 3.83. The molecule has 4 rings (SSSR count). The maximum Gasteiger partial charge on any atom is 0.528 e. The van der Waals surface area contributed by atoms with Crippen molar-refractivity contribution in [3.05, 3.63) is 99.3 Å². The summed E-state index contributed by atoms with van der Waals surface area (Å²) in [5, 5.41) is 10.5. The quantitative estimate of drug-likeness (QED) is 0.417. The van der Waals surface area contributed by atoms with Crippen molar-refractivity contribution in [3.63, 3.8) is 0 Å². The van der Waals surface area contributed by atoms with Crippen LogP contribution < -0.4 is 4.74 Å². The van der Waals surface area contributed by atoms with Gasteiger partial charge in [0.15, 0.2) is 6.61 Å². The van der Waals surface area contributed by atoms with Crippen LogP contribution in [0, 0.1) is 5.82 Å². The monoisotopic (exact) mass is 529 g/mol. The molecule has 0 saturated carbocycles. The van der Waals surface area contributed by atoms with Crippen LogP contribution in [0.1, 0.15) is 28.3 Å². The molecule has 176 valence electrons. The zero-order chi connectivity index (χ0) is 24.1. The number of carboxylic acid groups (broad SMARTS) is 1. The lowest BCUT2D eigenvalue weighted by Gasteiger charge is -2.36. The molecule has 0 bridgehead atoms. The molecule has 0 aromatic heterocycles. The van der Waals surface area contributed by atoms with Crippen LogP contribution in [-0.2, 0) is 27.4 Å². The van der Waals surface area contributed by atoms with Gasteiger partial charge in [-0.3, -0.25) is 0 Å². The van der Waals surface area contributed by atoms with Gasteiger partial charge in [0.1, 0.15) is 24.2 Å². The molecule has 1 heterocycles. The number of benzene rings is 3. The van der Waals surface area contributed by atoms with Crippen molar-refractivity contribution < 1.29 is 33.4 Å². The Morgan fingerprint density at radius 2 is 1.85 bits per heavy atom. The lowest BCUT2D eigenvalue weighted by atomic mass is 9.89. The zero-order valence-electron chi connectivity index (χ0n) is 17.9. The Morgan fingerprint density at radius 3 is 2.62 bits per heavy atom. The molecule has 0 aliphatic carbocycles. The van der Waals surface area contributed by atoms with E-state index in [1.807, 2.05) is 48.5 Å². The highest BCUT2D eigenvalue weighted by Crippen LogP contribution is 2.41. The highest BCUT2D eigenvalue weighted by molar-refractivity contribution is 9.10. The first kappa shape index (κ1) is 23.7. The second kappa shape index (κ2) is 10.7. The van der Waals surface area contributed by atoms with E-state index in [1.165, 1.54) is 23.3 Å². The second-order valence-corrected chi connectivity index (χ2v) is 8.53. The predicted molar refractivity (Wildman–Crippen MR) is 124 cm³/mol. The first-order valence-corrected chi connectivity index (χ1v) is 11.3. The van der Waals surface area contributed by atoms with Crippen LogP contribution in [-0.4, -0.2) is 35.4 Å². The van der Waals surface area contributed by atoms with Crippen molar-refractivity contribution >= 4 is 28.1 Å². The Kier molecular flexibility index (Phi) is 7.44. The standard InChI is InChI=1S/C25H21BrFNO6/c26-18-7-6-17-10-11-28(34-25(31)33-14-16-4-2-1-3-5-16)24(20(17)12-18)21-13-19(27)8-9-22(21)32-15-23(29)30/h1-9,12-13,24H,10-11,14-15H2,(H,29,30). The fourth-order valence-corrected chi connectivity index (χ4v) is 4.21. The number of nitrogens with zero attached hydrogens (tertiary/aromatic N) is 1. The highest BCUT2D eigenvalue weighted by atomic mass is 79.9. The maximum atomic E-state index is 14.3. The van der Waals surface area contributed by atoms with Crippen molar-refractivity contribution in [2.45, 2.75) is 19.1 Å². The van der Waals surface area contributed by atoms with Gasteiger partial charge in [-0.15, -0.1) is 5.06 Å². The fraction of sp³-hybridized carbons (Fsp3) is 0.200. The van der Waals surface area contributed by atoms with Crippen LogP contribution in [0.25, 0.3) is 0 Å². The summed E-state index contributed by atoms with van der Waals surface area (Å²) in [4.78, 5) is 29.2. The van der Waals surface area contributed by atoms with Crippen molar-refractivity contribution in [3.8, 4) is 5.75 Å². The van der Waals surface area contributed by atoms with E-state index in [0.29, 0.717) is 18.5 Å². The van der Waals surface area contributed by atoms with Crippen molar-refractivity contribution in [1.29, 1.82) is 0 Å². The topological polar surface area (TPSA) is 85.3 Å². The van der Waals surface area contributed by atoms with Gasteiger partial charge in [-0.1, -0.05) is 52.3 Å². The van der Waals surface area contributed by atoms with Gasteiger partial charge in [-0.05, 0) is 53.4 Å². The van der Waals surface area contributed by atoms with Gasteiger partial charge in [0, 0.05) is 16.6 Å². The van der Waals surface area contributed by atoms with E-state index < -0.39 is 30.6 Å². The van der Waals surface area contributed by atoms with E-state index in [2.05, 4.69) is 15.9 Å². The van der Waals surface area contributed by atoms with E-state index >= 15 is 0 Å². The van der Waals surface area contributed by atoms with E-state index in [9.17, 15) is 14.0 Å². The summed E-state index contributed by atoms with van der Waals surface area (Å²) >= 11 is 3.46. The summed E-state index contributed by atoms with van der Waals surface area (Å²) in [5.74, 6) is -1.53. The summed E-state index contributed by atoms with van der Waals surface area (Å²) in [7, 11) is 0. The number of hydrogen-bond acceptors (Lipinski definition) is 6. The molecule has 1 N–H and O–H groups in total. The van der Waals surface area contributed by atoms with Crippen LogP contribution >= 0.6 is 15.9 Å².